The molecule has 2 rings (SSSR count). The molecule has 2 saturated heterocycles. The van der Waals surface area contributed by atoms with Crippen LogP contribution in [0.2, 0.25) is 0 Å². The van der Waals surface area contributed by atoms with Gasteiger partial charge in [-0.15, -0.1) is 0 Å². The van der Waals surface area contributed by atoms with E-state index in [1.54, 1.807) is 0 Å². The second-order valence-electron chi connectivity index (χ2n) is 5.96. The van der Waals surface area contributed by atoms with Crippen LogP contribution in [-0.2, 0) is 4.79 Å². The highest BCUT2D eigenvalue weighted by Crippen LogP contribution is 2.19. The Labute approximate surface area is 124 Å². The molecule has 0 radical (unpaired) electrons. The van der Waals surface area contributed by atoms with E-state index in [1.165, 1.54) is 4.90 Å². The molecule has 2 unspecified atom stereocenters. The molecule has 0 aromatic rings. The molecule has 7 heteroatoms. The van der Waals surface area contributed by atoms with Gasteiger partial charge in [-0.1, -0.05) is 6.92 Å². The predicted molar refractivity (Wildman–Crippen MR) is 77.0 cm³/mol. The van der Waals surface area contributed by atoms with Gasteiger partial charge in [-0.05, 0) is 25.8 Å². The monoisotopic (exact) mass is 299 g/mol. The fourth-order valence-electron chi connectivity index (χ4n) is 3.15. The maximum absolute atomic E-state index is 12.2. The molecule has 0 spiro atoms. The van der Waals surface area contributed by atoms with Crippen molar-refractivity contribution in [2.45, 2.75) is 50.8 Å². The highest BCUT2D eigenvalue weighted by Gasteiger charge is 2.39. The zero-order valence-corrected chi connectivity index (χ0v) is 12.5. The molecular weight excluding hydrogens is 274 g/mol. The van der Waals surface area contributed by atoms with Gasteiger partial charge in [-0.2, -0.15) is 0 Å². The van der Waals surface area contributed by atoms with Gasteiger partial charge in [0.15, 0.2) is 0 Å². The van der Waals surface area contributed by atoms with Gasteiger partial charge < -0.3 is 25.3 Å². The first-order valence-corrected chi connectivity index (χ1v) is 7.71. The van der Waals surface area contributed by atoms with Crippen LogP contribution in [0.4, 0.5) is 4.79 Å². The quantitative estimate of drug-likeness (QED) is 0.684. The lowest BCUT2D eigenvalue weighted by atomic mass is 10.1. The lowest BCUT2D eigenvalue weighted by Crippen LogP contribution is -2.52. The van der Waals surface area contributed by atoms with E-state index in [0.717, 1.165) is 38.9 Å². The minimum atomic E-state index is -1.06. The molecule has 0 aromatic carbocycles. The molecule has 7 nitrogen and oxygen atoms in total. The number of nitrogens with one attached hydrogen (secondary N) is 1. The number of carbonyl (C=O) groups excluding carboxylic acids is 1. The number of amides is 2. The van der Waals surface area contributed by atoms with E-state index < -0.39 is 18.1 Å². The molecule has 2 amide bonds. The number of nitrogens with zero attached hydrogens (tertiary/aromatic N) is 2. The highest BCUT2D eigenvalue weighted by molar-refractivity contribution is 5.83. The lowest BCUT2D eigenvalue weighted by molar-refractivity contribution is -0.141. The second-order valence-corrected chi connectivity index (χ2v) is 5.96. The largest absolute Gasteiger partial charge is 0.480 e. The first-order valence-electron chi connectivity index (χ1n) is 7.71. The average molecular weight is 299 g/mol. The zero-order valence-electron chi connectivity index (χ0n) is 12.5. The molecule has 0 bridgehead atoms. The van der Waals surface area contributed by atoms with Gasteiger partial charge in [0, 0.05) is 32.1 Å². The Morgan fingerprint density at radius 3 is 2.52 bits per heavy atom. The summed E-state index contributed by atoms with van der Waals surface area (Å²) in [4.78, 5) is 27.0. The third-order valence-corrected chi connectivity index (χ3v) is 4.28. The number of hydrogen-bond acceptors (Lipinski definition) is 4. The topological polar surface area (TPSA) is 93.1 Å². The van der Waals surface area contributed by atoms with E-state index in [9.17, 15) is 14.7 Å². The van der Waals surface area contributed by atoms with E-state index in [0.29, 0.717) is 0 Å². The number of rotatable bonds is 4. The third kappa shape index (κ3) is 4.07. The number of hydrogen-bond donors (Lipinski definition) is 3. The van der Waals surface area contributed by atoms with E-state index in [4.69, 9.17) is 5.11 Å². The molecule has 2 heterocycles. The van der Waals surface area contributed by atoms with Crippen molar-refractivity contribution in [1.29, 1.82) is 0 Å². The maximum atomic E-state index is 12.2. The van der Waals surface area contributed by atoms with E-state index in [1.807, 2.05) is 0 Å². The van der Waals surface area contributed by atoms with Crippen LogP contribution in [0.15, 0.2) is 0 Å². The summed E-state index contributed by atoms with van der Waals surface area (Å²) >= 11 is 0. The van der Waals surface area contributed by atoms with Crippen molar-refractivity contribution in [2.75, 3.05) is 26.2 Å². The van der Waals surface area contributed by atoms with Crippen LogP contribution >= 0.6 is 0 Å². The van der Waals surface area contributed by atoms with Gasteiger partial charge in [0.2, 0.25) is 0 Å². The van der Waals surface area contributed by atoms with Gasteiger partial charge in [-0.25, -0.2) is 9.59 Å². The molecular formula is C14H25N3O4. The minimum Gasteiger partial charge on any atom is -0.480 e. The Bertz CT molecular complexity index is 382. The van der Waals surface area contributed by atoms with Crippen LogP contribution in [0.5, 0.6) is 0 Å². The predicted octanol–water partition coefficient (Wildman–Crippen LogP) is 0.0902. The average Bonchev–Trinajstić information content (AvgIpc) is 2.84. The molecule has 2 aliphatic heterocycles. The van der Waals surface area contributed by atoms with Crippen LogP contribution in [0.25, 0.3) is 0 Å². The van der Waals surface area contributed by atoms with Gasteiger partial charge in [0.25, 0.3) is 0 Å². The highest BCUT2D eigenvalue weighted by atomic mass is 16.4. The number of aliphatic hydroxyl groups excluding tert-OH is 1. The Morgan fingerprint density at radius 2 is 1.95 bits per heavy atom. The second kappa shape index (κ2) is 7.09. The van der Waals surface area contributed by atoms with Crippen molar-refractivity contribution >= 4 is 12.0 Å². The van der Waals surface area contributed by atoms with Crippen molar-refractivity contribution < 1.29 is 19.8 Å². The van der Waals surface area contributed by atoms with E-state index in [2.05, 4.69) is 17.1 Å². The summed E-state index contributed by atoms with van der Waals surface area (Å²) in [6, 6.07) is -1.19. The first-order chi connectivity index (χ1) is 10.0. The molecule has 120 valence electrons. The minimum absolute atomic E-state index is 0.0947. The summed E-state index contributed by atoms with van der Waals surface area (Å²) < 4.78 is 0. The summed E-state index contributed by atoms with van der Waals surface area (Å²) in [7, 11) is 0. The van der Waals surface area contributed by atoms with Gasteiger partial charge in [0.1, 0.15) is 6.04 Å². The molecule has 0 saturated carbocycles. The molecule has 21 heavy (non-hydrogen) atoms. The van der Waals surface area contributed by atoms with Gasteiger partial charge in [0.05, 0.1) is 6.10 Å². The Balaban J connectivity index is 1.83. The fourth-order valence-corrected chi connectivity index (χ4v) is 3.15. The Kier molecular flexibility index (Phi) is 5.41. The number of aliphatic carboxylic acids is 1. The number of carbonyl (C=O) groups is 2. The van der Waals surface area contributed by atoms with Crippen molar-refractivity contribution in [1.82, 2.24) is 15.1 Å². The van der Waals surface area contributed by atoms with Crippen LogP contribution in [0.3, 0.4) is 0 Å². The normalized spacial score (nSPS) is 27.8. The van der Waals surface area contributed by atoms with Crippen molar-refractivity contribution in [3.05, 3.63) is 0 Å². The number of piperidine rings is 1. The van der Waals surface area contributed by atoms with Crippen LogP contribution in [-0.4, -0.2) is 76.4 Å². The number of β-amino-alcohol motifs (C(OH)–C–C–N with tert-alkyl or cyclic N) is 1. The zero-order chi connectivity index (χ0) is 15.4. The standard InChI is InChI=1S/C14H25N3O4/c1-2-5-16-6-3-10(4-7-16)15-14(21)17-9-11(18)8-12(17)13(19)20/h10-12,18H,2-9H2,1H3,(H,15,21)(H,19,20). The summed E-state index contributed by atoms with van der Waals surface area (Å²) in [6.45, 7) is 5.25. The molecule has 3 N–H and O–H groups in total. The fraction of sp³-hybridized carbons (Fsp3) is 0.857. The number of likely N-dealkylation sites (tertiary alicyclic amines) is 2. The third-order valence-electron chi connectivity index (χ3n) is 4.28. The SMILES string of the molecule is CCCN1CCC(NC(=O)N2CC(O)CC2C(=O)O)CC1. The summed E-state index contributed by atoms with van der Waals surface area (Å²) in [5.41, 5.74) is 0. The first kappa shape index (κ1) is 16.0. The van der Waals surface area contributed by atoms with Crippen molar-refractivity contribution in [3.8, 4) is 0 Å². The van der Waals surface area contributed by atoms with Gasteiger partial charge >= 0.3 is 12.0 Å². The molecule has 2 aliphatic rings. The number of aliphatic hydroxyl groups is 1. The van der Waals surface area contributed by atoms with Crippen LogP contribution < -0.4 is 5.32 Å². The molecule has 2 atom stereocenters. The summed E-state index contributed by atoms with van der Waals surface area (Å²) in [5.74, 6) is -1.06. The number of urea groups is 1. The smallest absolute Gasteiger partial charge is 0.326 e. The van der Waals surface area contributed by atoms with E-state index >= 15 is 0 Å². The lowest BCUT2D eigenvalue weighted by Gasteiger charge is -2.33. The van der Waals surface area contributed by atoms with Crippen molar-refractivity contribution in [3.63, 3.8) is 0 Å². The summed E-state index contributed by atoms with van der Waals surface area (Å²) in [6.07, 6.45) is 2.27. The van der Waals surface area contributed by atoms with Gasteiger partial charge in [-0.3, -0.25) is 0 Å². The van der Waals surface area contributed by atoms with Crippen molar-refractivity contribution in [2.24, 2.45) is 0 Å². The molecule has 0 aromatic heterocycles. The van der Waals surface area contributed by atoms with E-state index in [-0.39, 0.29) is 25.0 Å². The molecule has 0 aliphatic carbocycles. The number of carboxylic acids is 1. The van der Waals surface area contributed by atoms with Crippen LogP contribution in [0, 0.1) is 0 Å². The molecule has 2 fully saturated rings. The number of carboxylic acid groups (broad SMARTS) is 1. The summed E-state index contributed by atoms with van der Waals surface area (Å²) in [5, 5.41) is 21.6. The maximum Gasteiger partial charge on any atom is 0.326 e. The van der Waals surface area contributed by atoms with Crippen LogP contribution in [0.1, 0.15) is 32.6 Å². The Hall–Kier alpha value is -1.34. The Morgan fingerprint density at radius 1 is 1.29 bits per heavy atom.